The molecule has 1 saturated carbocycles. The normalized spacial score (nSPS) is 22.9. The van der Waals surface area contributed by atoms with Crippen LogP contribution in [0, 0.1) is 5.92 Å². The summed E-state index contributed by atoms with van der Waals surface area (Å²) in [5.74, 6) is 1.28. The number of aliphatic hydroxyl groups is 1. The smallest absolute Gasteiger partial charge is 0.251 e. The molecule has 2 aliphatic heterocycles. The van der Waals surface area contributed by atoms with E-state index in [9.17, 15) is 14.7 Å². The molecular formula is C24H35N3O4. The molecule has 0 aromatic heterocycles. The van der Waals surface area contributed by atoms with E-state index < -0.39 is 0 Å². The van der Waals surface area contributed by atoms with Crippen molar-refractivity contribution in [3.8, 4) is 5.75 Å². The van der Waals surface area contributed by atoms with Gasteiger partial charge in [-0.15, -0.1) is 0 Å². The highest BCUT2D eigenvalue weighted by atomic mass is 16.5. The van der Waals surface area contributed by atoms with Gasteiger partial charge >= 0.3 is 0 Å². The van der Waals surface area contributed by atoms with E-state index in [4.69, 9.17) is 4.74 Å². The molecule has 1 aromatic rings. The highest BCUT2D eigenvalue weighted by Gasteiger charge is 2.35. The summed E-state index contributed by atoms with van der Waals surface area (Å²) in [6.07, 6.45) is 7.28. The van der Waals surface area contributed by atoms with Crippen LogP contribution in [-0.4, -0.2) is 78.2 Å². The minimum atomic E-state index is -0.0870. The van der Waals surface area contributed by atoms with E-state index in [1.807, 2.05) is 17.0 Å². The highest BCUT2D eigenvalue weighted by Crippen LogP contribution is 2.32. The second-order valence-electron chi connectivity index (χ2n) is 9.07. The Labute approximate surface area is 184 Å². The zero-order chi connectivity index (χ0) is 21.6. The average Bonchev–Trinajstić information content (AvgIpc) is 3.65. The Bertz CT molecular complexity index is 742. The topological polar surface area (TPSA) is 82.1 Å². The fraction of sp³-hybridized carbons (Fsp3) is 0.667. The largest absolute Gasteiger partial charge is 0.490 e. The van der Waals surface area contributed by atoms with E-state index in [-0.39, 0.29) is 30.6 Å². The van der Waals surface area contributed by atoms with Gasteiger partial charge in [0.05, 0.1) is 6.61 Å². The SMILES string of the molecule is O=C(NCCN1CCCC[C@H]1CO)c1ccc(OC2CCN(C(=O)C3CC3)CC2)cc1. The van der Waals surface area contributed by atoms with Crippen molar-refractivity contribution in [3.05, 3.63) is 29.8 Å². The molecule has 7 nitrogen and oxygen atoms in total. The first-order valence-corrected chi connectivity index (χ1v) is 11.8. The van der Waals surface area contributed by atoms with E-state index in [1.54, 1.807) is 12.1 Å². The van der Waals surface area contributed by atoms with Crippen molar-refractivity contribution in [2.24, 2.45) is 5.92 Å². The van der Waals surface area contributed by atoms with Crippen LogP contribution in [0.3, 0.4) is 0 Å². The van der Waals surface area contributed by atoms with E-state index in [2.05, 4.69) is 10.2 Å². The van der Waals surface area contributed by atoms with E-state index in [0.29, 0.717) is 18.0 Å². The Morgan fingerprint density at radius 3 is 2.42 bits per heavy atom. The van der Waals surface area contributed by atoms with Gasteiger partial charge in [0.1, 0.15) is 11.9 Å². The Balaban J connectivity index is 1.18. The number of likely N-dealkylation sites (tertiary alicyclic amines) is 2. The molecule has 1 aliphatic carbocycles. The van der Waals surface area contributed by atoms with Crippen LogP contribution in [0.1, 0.15) is 55.3 Å². The Morgan fingerprint density at radius 2 is 1.74 bits per heavy atom. The molecule has 0 unspecified atom stereocenters. The molecule has 170 valence electrons. The number of rotatable bonds is 8. The number of nitrogens with zero attached hydrogens (tertiary/aromatic N) is 2. The van der Waals surface area contributed by atoms with Crippen LogP contribution in [0.5, 0.6) is 5.75 Å². The van der Waals surface area contributed by atoms with E-state index in [1.165, 1.54) is 6.42 Å². The van der Waals surface area contributed by atoms with Gasteiger partial charge in [-0.3, -0.25) is 14.5 Å². The van der Waals surface area contributed by atoms with Gasteiger partial charge in [0.2, 0.25) is 5.91 Å². The standard InChI is InChI=1S/C24H35N3O4/c28-17-20-3-1-2-13-26(20)16-12-25-23(29)18-6-8-21(9-7-18)31-22-10-14-27(15-11-22)24(30)19-4-5-19/h6-9,19-20,22,28H,1-5,10-17H2,(H,25,29)/t20-/m0/s1. The quantitative estimate of drug-likeness (QED) is 0.661. The molecule has 1 aromatic carbocycles. The molecule has 1 atom stereocenters. The maximum Gasteiger partial charge on any atom is 0.251 e. The molecule has 2 heterocycles. The lowest BCUT2D eigenvalue weighted by atomic mass is 10.0. The third-order valence-electron chi connectivity index (χ3n) is 6.74. The maximum absolute atomic E-state index is 12.4. The number of aliphatic hydroxyl groups excluding tert-OH is 1. The monoisotopic (exact) mass is 429 g/mol. The molecule has 3 fully saturated rings. The first-order valence-electron chi connectivity index (χ1n) is 11.8. The molecule has 0 spiro atoms. The van der Waals surface area contributed by atoms with E-state index in [0.717, 1.165) is 70.5 Å². The molecule has 2 saturated heterocycles. The summed E-state index contributed by atoms with van der Waals surface area (Å²) in [4.78, 5) is 28.8. The predicted octanol–water partition coefficient (Wildman–Crippen LogP) is 2.04. The summed E-state index contributed by atoms with van der Waals surface area (Å²) in [7, 11) is 0. The van der Waals surface area contributed by atoms with Crippen molar-refractivity contribution < 1.29 is 19.4 Å². The number of ether oxygens (including phenoxy) is 1. The number of hydrogen-bond donors (Lipinski definition) is 2. The van der Waals surface area contributed by atoms with Crippen LogP contribution in [-0.2, 0) is 4.79 Å². The van der Waals surface area contributed by atoms with Crippen molar-refractivity contribution in [2.75, 3.05) is 39.3 Å². The molecule has 31 heavy (non-hydrogen) atoms. The van der Waals surface area contributed by atoms with Crippen LogP contribution in [0.2, 0.25) is 0 Å². The minimum absolute atomic E-state index is 0.0870. The predicted molar refractivity (Wildman–Crippen MR) is 118 cm³/mol. The average molecular weight is 430 g/mol. The maximum atomic E-state index is 12.4. The van der Waals surface area contributed by atoms with Gasteiger partial charge in [-0.05, 0) is 56.5 Å². The molecular weight excluding hydrogens is 394 g/mol. The second kappa shape index (κ2) is 10.5. The van der Waals surface area contributed by atoms with Crippen molar-refractivity contribution in [2.45, 2.75) is 57.1 Å². The molecule has 7 heteroatoms. The van der Waals surface area contributed by atoms with Crippen molar-refractivity contribution in [3.63, 3.8) is 0 Å². The third kappa shape index (κ3) is 5.98. The molecule has 3 aliphatic rings. The van der Waals surface area contributed by atoms with Gasteiger partial charge in [-0.2, -0.15) is 0 Å². The lowest BCUT2D eigenvalue weighted by Crippen LogP contribution is -2.45. The minimum Gasteiger partial charge on any atom is -0.490 e. The first kappa shape index (κ1) is 22.1. The summed E-state index contributed by atoms with van der Waals surface area (Å²) in [6, 6.07) is 7.52. The lowest BCUT2D eigenvalue weighted by molar-refractivity contribution is -0.134. The summed E-state index contributed by atoms with van der Waals surface area (Å²) in [5, 5.41) is 12.5. The van der Waals surface area contributed by atoms with Gasteiger partial charge in [0, 0.05) is 56.5 Å². The zero-order valence-electron chi connectivity index (χ0n) is 18.3. The fourth-order valence-corrected chi connectivity index (χ4v) is 4.64. The van der Waals surface area contributed by atoms with Gasteiger partial charge in [0.25, 0.3) is 5.91 Å². The van der Waals surface area contributed by atoms with Gasteiger partial charge in [0.15, 0.2) is 0 Å². The highest BCUT2D eigenvalue weighted by molar-refractivity contribution is 5.94. The number of nitrogens with one attached hydrogen (secondary N) is 1. The number of piperidine rings is 2. The Hall–Kier alpha value is -2.12. The van der Waals surface area contributed by atoms with Crippen LogP contribution < -0.4 is 10.1 Å². The molecule has 2 amide bonds. The van der Waals surface area contributed by atoms with Crippen molar-refractivity contribution in [1.82, 2.24) is 15.1 Å². The number of benzene rings is 1. The third-order valence-corrected chi connectivity index (χ3v) is 6.74. The van der Waals surface area contributed by atoms with Gasteiger partial charge in [-0.1, -0.05) is 6.42 Å². The Morgan fingerprint density at radius 1 is 1.00 bits per heavy atom. The number of carbonyl (C=O) groups excluding carboxylic acids is 2. The summed E-state index contributed by atoms with van der Waals surface area (Å²) in [5.41, 5.74) is 0.620. The van der Waals surface area contributed by atoms with Crippen LogP contribution in [0.15, 0.2) is 24.3 Å². The zero-order valence-corrected chi connectivity index (χ0v) is 18.3. The number of carbonyl (C=O) groups is 2. The fourth-order valence-electron chi connectivity index (χ4n) is 4.64. The summed E-state index contributed by atoms with van der Waals surface area (Å²) >= 11 is 0. The molecule has 2 N–H and O–H groups in total. The van der Waals surface area contributed by atoms with Crippen LogP contribution >= 0.6 is 0 Å². The molecule has 0 bridgehead atoms. The van der Waals surface area contributed by atoms with Gasteiger partial charge < -0.3 is 20.1 Å². The van der Waals surface area contributed by atoms with Crippen molar-refractivity contribution in [1.29, 1.82) is 0 Å². The number of amides is 2. The summed E-state index contributed by atoms with van der Waals surface area (Å²) in [6.45, 7) is 4.06. The van der Waals surface area contributed by atoms with Crippen LogP contribution in [0.25, 0.3) is 0 Å². The molecule has 4 rings (SSSR count). The van der Waals surface area contributed by atoms with Crippen molar-refractivity contribution >= 4 is 11.8 Å². The van der Waals surface area contributed by atoms with Crippen LogP contribution in [0.4, 0.5) is 0 Å². The lowest BCUT2D eigenvalue weighted by Gasteiger charge is -2.34. The van der Waals surface area contributed by atoms with Gasteiger partial charge in [-0.25, -0.2) is 0 Å². The number of hydrogen-bond acceptors (Lipinski definition) is 5. The van der Waals surface area contributed by atoms with E-state index >= 15 is 0 Å². The molecule has 0 radical (unpaired) electrons. The Kier molecular flexibility index (Phi) is 7.45. The summed E-state index contributed by atoms with van der Waals surface area (Å²) < 4.78 is 6.08. The second-order valence-corrected chi connectivity index (χ2v) is 9.07. The first-order chi connectivity index (χ1) is 15.1.